The first kappa shape index (κ1) is 19.2. The standard InChI is InChI=1S/C18H28O3/c1-2-3-4-13-16-21-17-14-11-9-7-5-6-8-10-12-15-18(19)20/h3-4,9,11,13-14,16-17H,2,5-8,10,12,15H2,1H3,(H,19,20)/b4-3-,11-9-,16-13+,17-14+. The molecular formula is C18H28O3. The molecule has 0 aromatic rings. The zero-order chi connectivity index (χ0) is 15.6. The Morgan fingerprint density at radius 1 is 0.905 bits per heavy atom. The van der Waals surface area contributed by atoms with E-state index in [-0.39, 0.29) is 0 Å². The first-order chi connectivity index (χ1) is 10.3. The summed E-state index contributed by atoms with van der Waals surface area (Å²) in [5, 5.41) is 8.50. The van der Waals surface area contributed by atoms with Crippen molar-refractivity contribution in [2.75, 3.05) is 0 Å². The van der Waals surface area contributed by atoms with Gasteiger partial charge in [-0.05, 0) is 37.8 Å². The van der Waals surface area contributed by atoms with Gasteiger partial charge in [0.1, 0.15) is 0 Å². The van der Waals surface area contributed by atoms with Crippen LogP contribution in [-0.2, 0) is 9.53 Å². The van der Waals surface area contributed by atoms with Gasteiger partial charge >= 0.3 is 5.97 Å². The molecule has 0 atom stereocenters. The van der Waals surface area contributed by atoms with E-state index in [0.717, 1.165) is 44.9 Å². The third-order valence-corrected chi connectivity index (χ3v) is 2.81. The Balaban J connectivity index is 3.34. The van der Waals surface area contributed by atoms with Gasteiger partial charge in [-0.15, -0.1) is 0 Å². The predicted octanol–water partition coefficient (Wildman–Crippen LogP) is 5.37. The third kappa shape index (κ3) is 18.2. The number of aliphatic carboxylic acids is 1. The molecule has 0 radical (unpaired) electrons. The van der Waals surface area contributed by atoms with Crippen LogP contribution in [-0.4, -0.2) is 11.1 Å². The number of carboxylic acid groups (broad SMARTS) is 1. The summed E-state index contributed by atoms with van der Waals surface area (Å²) in [7, 11) is 0. The normalized spacial score (nSPS) is 12.2. The Hall–Kier alpha value is -1.77. The molecule has 0 fully saturated rings. The Bertz CT molecular complexity index is 351. The fraction of sp³-hybridized carbons (Fsp3) is 0.500. The fourth-order valence-electron chi connectivity index (χ4n) is 1.68. The number of carbonyl (C=O) groups is 1. The van der Waals surface area contributed by atoms with E-state index in [0.29, 0.717) is 6.42 Å². The summed E-state index contributed by atoms with van der Waals surface area (Å²) < 4.78 is 5.16. The predicted molar refractivity (Wildman–Crippen MR) is 87.9 cm³/mol. The molecule has 0 unspecified atom stereocenters. The highest BCUT2D eigenvalue weighted by Crippen LogP contribution is 2.07. The lowest BCUT2D eigenvalue weighted by Crippen LogP contribution is -1.93. The molecule has 0 rings (SSSR count). The van der Waals surface area contributed by atoms with Gasteiger partial charge in [0, 0.05) is 6.42 Å². The Morgan fingerprint density at radius 3 is 2.19 bits per heavy atom. The number of allylic oxidation sites excluding steroid dienone is 6. The van der Waals surface area contributed by atoms with Crippen molar-refractivity contribution >= 4 is 5.97 Å². The zero-order valence-electron chi connectivity index (χ0n) is 13.0. The molecule has 0 aromatic carbocycles. The number of hydrogen-bond acceptors (Lipinski definition) is 2. The maximum Gasteiger partial charge on any atom is 0.303 e. The van der Waals surface area contributed by atoms with Crippen LogP contribution >= 0.6 is 0 Å². The Kier molecular flexibility index (Phi) is 14.9. The van der Waals surface area contributed by atoms with E-state index in [4.69, 9.17) is 9.84 Å². The molecule has 3 heteroatoms. The lowest BCUT2D eigenvalue weighted by Gasteiger charge is -1.97. The monoisotopic (exact) mass is 292 g/mol. The highest BCUT2D eigenvalue weighted by molar-refractivity contribution is 5.66. The second-order valence-electron chi connectivity index (χ2n) is 4.76. The summed E-state index contributed by atoms with van der Waals surface area (Å²) in [5.74, 6) is -0.692. The second kappa shape index (κ2) is 16.3. The van der Waals surface area contributed by atoms with Crippen LogP contribution in [0.4, 0.5) is 0 Å². The van der Waals surface area contributed by atoms with Crippen LogP contribution in [0.5, 0.6) is 0 Å². The Labute approximate surface area is 128 Å². The highest BCUT2D eigenvalue weighted by atomic mass is 16.5. The number of unbranched alkanes of at least 4 members (excludes halogenated alkanes) is 5. The molecule has 3 nitrogen and oxygen atoms in total. The first-order valence-electron chi connectivity index (χ1n) is 7.78. The minimum absolute atomic E-state index is 0.299. The van der Waals surface area contributed by atoms with Crippen molar-refractivity contribution in [1.82, 2.24) is 0 Å². The molecule has 0 aliphatic heterocycles. The van der Waals surface area contributed by atoms with E-state index in [1.54, 1.807) is 12.5 Å². The van der Waals surface area contributed by atoms with E-state index in [1.165, 1.54) is 0 Å². The summed E-state index contributed by atoms with van der Waals surface area (Å²) in [5.41, 5.74) is 0. The largest absolute Gasteiger partial charge is 0.481 e. The van der Waals surface area contributed by atoms with Gasteiger partial charge in [0.05, 0.1) is 12.5 Å². The summed E-state index contributed by atoms with van der Waals surface area (Å²) in [6.45, 7) is 2.09. The van der Waals surface area contributed by atoms with E-state index in [2.05, 4.69) is 19.1 Å². The van der Waals surface area contributed by atoms with Gasteiger partial charge in [0.15, 0.2) is 0 Å². The molecule has 0 spiro atoms. The van der Waals surface area contributed by atoms with Gasteiger partial charge in [-0.3, -0.25) is 4.79 Å². The van der Waals surface area contributed by atoms with Crippen LogP contribution in [0.25, 0.3) is 0 Å². The van der Waals surface area contributed by atoms with Crippen LogP contribution in [0.15, 0.2) is 49.0 Å². The molecule has 0 bridgehead atoms. The smallest absolute Gasteiger partial charge is 0.303 e. The average molecular weight is 292 g/mol. The molecule has 0 amide bonds. The highest BCUT2D eigenvalue weighted by Gasteiger charge is 1.95. The van der Waals surface area contributed by atoms with Crippen molar-refractivity contribution < 1.29 is 14.6 Å². The minimum atomic E-state index is -0.692. The van der Waals surface area contributed by atoms with Crippen molar-refractivity contribution in [3.05, 3.63) is 49.0 Å². The maximum absolute atomic E-state index is 10.3. The second-order valence-corrected chi connectivity index (χ2v) is 4.76. The molecule has 21 heavy (non-hydrogen) atoms. The van der Waals surface area contributed by atoms with E-state index in [9.17, 15) is 4.79 Å². The van der Waals surface area contributed by atoms with Gasteiger partial charge in [0.2, 0.25) is 0 Å². The topological polar surface area (TPSA) is 46.5 Å². The molecule has 0 aliphatic rings. The van der Waals surface area contributed by atoms with E-state index >= 15 is 0 Å². The zero-order valence-corrected chi connectivity index (χ0v) is 13.0. The lowest BCUT2D eigenvalue weighted by molar-refractivity contribution is -0.137. The van der Waals surface area contributed by atoms with Gasteiger partial charge in [-0.25, -0.2) is 0 Å². The van der Waals surface area contributed by atoms with Crippen LogP contribution in [0, 0.1) is 0 Å². The van der Waals surface area contributed by atoms with Crippen molar-refractivity contribution in [3.8, 4) is 0 Å². The summed E-state index contributed by atoms with van der Waals surface area (Å²) in [4.78, 5) is 10.3. The quantitative estimate of drug-likeness (QED) is 0.282. The molecular weight excluding hydrogens is 264 g/mol. The van der Waals surface area contributed by atoms with Crippen molar-refractivity contribution in [1.29, 1.82) is 0 Å². The summed E-state index contributed by atoms with van der Waals surface area (Å²) in [6, 6.07) is 0. The van der Waals surface area contributed by atoms with Crippen molar-refractivity contribution in [3.63, 3.8) is 0 Å². The number of rotatable bonds is 13. The van der Waals surface area contributed by atoms with Crippen molar-refractivity contribution in [2.45, 2.75) is 58.3 Å². The molecule has 0 heterocycles. The average Bonchev–Trinajstić information content (AvgIpc) is 2.46. The van der Waals surface area contributed by atoms with Gasteiger partial charge < -0.3 is 9.84 Å². The molecule has 1 N–H and O–H groups in total. The molecule has 118 valence electrons. The Morgan fingerprint density at radius 2 is 1.52 bits per heavy atom. The molecule has 0 saturated heterocycles. The lowest BCUT2D eigenvalue weighted by atomic mass is 10.1. The van der Waals surface area contributed by atoms with Crippen LogP contribution in [0.3, 0.4) is 0 Å². The molecule has 0 aliphatic carbocycles. The van der Waals surface area contributed by atoms with E-state index < -0.39 is 5.97 Å². The maximum atomic E-state index is 10.3. The van der Waals surface area contributed by atoms with Crippen LogP contribution in [0.2, 0.25) is 0 Å². The van der Waals surface area contributed by atoms with E-state index in [1.807, 2.05) is 24.3 Å². The number of carboxylic acids is 1. The molecule has 0 saturated carbocycles. The number of hydrogen-bond donors (Lipinski definition) is 1. The first-order valence-corrected chi connectivity index (χ1v) is 7.78. The summed E-state index contributed by atoms with van der Waals surface area (Å²) >= 11 is 0. The van der Waals surface area contributed by atoms with Gasteiger partial charge in [-0.1, -0.05) is 50.5 Å². The van der Waals surface area contributed by atoms with Crippen molar-refractivity contribution in [2.24, 2.45) is 0 Å². The van der Waals surface area contributed by atoms with Crippen LogP contribution < -0.4 is 0 Å². The summed E-state index contributed by atoms with van der Waals surface area (Å²) in [6.07, 6.45) is 22.8. The molecule has 0 aromatic heterocycles. The van der Waals surface area contributed by atoms with Gasteiger partial charge in [0.25, 0.3) is 0 Å². The fourth-order valence-corrected chi connectivity index (χ4v) is 1.68. The minimum Gasteiger partial charge on any atom is -0.481 e. The third-order valence-electron chi connectivity index (χ3n) is 2.81. The van der Waals surface area contributed by atoms with Gasteiger partial charge in [-0.2, -0.15) is 0 Å². The number of ether oxygens (including phenoxy) is 1. The SMILES string of the molecule is CC/C=C\C=C\O/C=C/C=C\CCCCCCCC(=O)O. The van der Waals surface area contributed by atoms with Crippen LogP contribution in [0.1, 0.15) is 58.3 Å².